The lowest BCUT2D eigenvalue weighted by Gasteiger charge is -2.49. The predicted octanol–water partition coefficient (Wildman–Crippen LogP) is 4.65. The van der Waals surface area contributed by atoms with E-state index in [-0.39, 0.29) is 23.0 Å². The number of rotatable bonds is 8. The fourth-order valence-corrected chi connectivity index (χ4v) is 4.48. The maximum absolute atomic E-state index is 13.2. The van der Waals surface area contributed by atoms with E-state index in [4.69, 9.17) is 9.47 Å². The van der Waals surface area contributed by atoms with Crippen molar-refractivity contribution < 1.29 is 14.3 Å². The minimum absolute atomic E-state index is 0.00103. The largest absolute Gasteiger partial charge is 0.497 e. The summed E-state index contributed by atoms with van der Waals surface area (Å²) in [6.07, 6.45) is 7.52. The number of hydrogen-bond donors (Lipinski definition) is 1. The molecule has 0 radical (unpaired) electrons. The number of ether oxygens (including phenoxy) is 2. The Morgan fingerprint density at radius 1 is 1.10 bits per heavy atom. The van der Waals surface area contributed by atoms with E-state index >= 15 is 0 Å². The molecule has 5 nitrogen and oxygen atoms in total. The molecule has 0 bridgehead atoms. The SMILES string of the molecule is CCCCN(C(=O)/C=C/c1cc(OC)cc(OC)c1)C1CC(C)(C)NC(C)(C)C1. The monoisotopic (exact) mass is 402 g/mol. The average Bonchev–Trinajstić information content (AvgIpc) is 2.63. The maximum atomic E-state index is 13.2. The van der Waals surface area contributed by atoms with Crippen LogP contribution in [-0.2, 0) is 4.79 Å². The molecule has 0 aromatic heterocycles. The van der Waals surface area contributed by atoms with Crippen LogP contribution in [0.25, 0.3) is 6.08 Å². The Morgan fingerprint density at radius 2 is 1.66 bits per heavy atom. The van der Waals surface area contributed by atoms with Gasteiger partial charge in [0.2, 0.25) is 5.91 Å². The molecule has 1 heterocycles. The summed E-state index contributed by atoms with van der Waals surface area (Å²) in [5.74, 6) is 1.49. The Labute approximate surface area is 176 Å². The lowest BCUT2D eigenvalue weighted by molar-refractivity contribution is -0.130. The molecule has 1 aliphatic heterocycles. The van der Waals surface area contributed by atoms with Crippen molar-refractivity contribution in [3.05, 3.63) is 29.8 Å². The second kappa shape index (κ2) is 9.66. The summed E-state index contributed by atoms with van der Waals surface area (Å²) in [7, 11) is 3.25. The van der Waals surface area contributed by atoms with Crippen molar-refractivity contribution in [1.29, 1.82) is 0 Å². The van der Waals surface area contributed by atoms with Gasteiger partial charge in [0.25, 0.3) is 0 Å². The first-order valence-corrected chi connectivity index (χ1v) is 10.6. The molecule has 1 N–H and O–H groups in total. The average molecular weight is 403 g/mol. The van der Waals surface area contributed by atoms with Gasteiger partial charge in [-0.1, -0.05) is 13.3 Å². The number of hydrogen-bond acceptors (Lipinski definition) is 4. The van der Waals surface area contributed by atoms with Gasteiger partial charge in [0.05, 0.1) is 14.2 Å². The van der Waals surface area contributed by atoms with Crippen LogP contribution in [0.5, 0.6) is 11.5 Å². The molecule has 0 atom stereocenters. The van der Waals surface area contributed by atoms with Crippen LogP contribution in [0.3, 0.4) is 0 Å². The number of methoxy groups -OCH3 is 2. The van der Waals surface area contributed by atoms with E-state index in [0.29, 0.717) is 11.5 Å². The van der Waals surface area contributed by atoms with Gasteiger partial charge in [-0.2, -0.15) is 0 Å². The fourth-order valence-electron chi connectivity index (χ4n) is 4.48. The number of piperidine rings is 1. The molecule has 0 spiro atoms. The minimum atomic E-state index is 0.00103. The van der Waals surface area contributed by atoms with Crippen LogP contribution >= 0.6 is 0 Å². The molecule has 0 saturated carbocycles. The van der Waals surface area contributed by atoms with E-state index in [9.17, 15) is 4.79 Å². The Balaban J connectivity index is 2.24. The predicted molar refractivity (Wildman–Crippen MR) is 120 cm³/mol. The molecule has 2 rings (SSSR count). The van der Waals surface area contributed by atoms with Gasteiger partial charge in [0.15, 0.2) is 0 Å². The van der Waals surface area contributed by atoms with Crippen molar-refractivity contribution in [2.45, 2.75) is 77.4 Å². The van der Waals surface area contributed by atoms with Crippen molar-refractivity contribution in [2.24, 2.45) is 0 Å². The second-order valence-corrected chi connectivity index (χ2v) is 9.32. The normalized spacial score (nSPS) is 18.6. The summed E-state index contributed by atoms with van der Waals surface area (Å²) in [5.41, 5.74) is 0.887. The van der Waals surface area contributed by atoms with Crippen LogP contribution < -0.4 is 14.8 Å². The summed E-state index contributed by atoms with van der Waals surface area (Å²) in [4.78, 5) is 15.3. The van der Waals surface area contributed by atoms with Crippen molar-refractivity contribution in [3.8, 4) is 11.5 Å². The first-order valence-electron chi connectivity index (χ1n) is 10.6. The molecule has 1 amide bonds. The van der Waals surface area contributed by atoms with Crippen molar-refractivity contribution in [2.75, 3.05) is 20.8 Å². The third-order valence-corrected chi connectivity index (χ3v) is 5.44. The highest BCUT2D eigenvalue weighted by Crippen LogP contribution is 2.32. The zero-order chi connectivity index (χ0) is 21.7. The van der Waals surface area contributed by atoms with Gasteiger partial charge in [0.1, 0.15) is 11.5 Å². The molecule has 1 fully saturated rings. The second-order valence-electron chi connectivity index (χ2n) is 9.32. The Morgan fingerprint density at radius 3 is 2.14 bits per heavy atom. The molecule has 1 aromatic carbocycles. The van der Waals surface area contributed by atoms with Gasteiger partial charge in [-0.25, -0.2) is 0 Å². The van der Waals surface area contributed by atoms with Crippen molar-refractivity contribution in [3.63, 3.8) is 0 Å². The quantitative estimate of drug-likeness (QED) is 0.643. The van der Waals surface area contributed by atoms with Gasteiger partial charge >= 0.3 is 0 Å². The lowest BCUT2D eigenvalue weighted by atomic mass is 9.79. The first-order chi connectivity index (χ1) is 13.6. The number of nitrogens with zero attached hydrogens (tertiary/aromatic N) is 1. The summed E-state index contributed by atoms with van der Waals surface area (Å²) < 4.78 is 10.7. The van der Waals surface area contributed by atoms with Crippen LogP contribution in [0.1, 0.15) is 65.9 Å². The van der Waals surface area contributed by atoms with Crippen molar-refractivity contribution >= 4 is 12.0 Å². The third-order valence-electron chi connectivity index (χ3n) is 5.44. The van der Waals surface area contributed by atoms with E-state index in [1.807, 2.05) is 24.3 Å². The topological polar surface area (TPSA) is 50.8 Å². The van der Waals surface area contributed by atoms with Crippen LogP contribution in [0.4, 0.5) is 0 Å². The summed E-state index contributed by atoms with van der Waals surface area (Å²) in [5, 5.41) is 3.71. The molecule has 162 valence electrons. The highest BCUT2D eigenvalue weighted by molar-refractivity contribution is 5.92. The van der Waals surface area contributed by atoms with Gasteiger partial charge in [-0.15, -0.1) is 0 Å². The summed E-state index contributed by atoms with van der Waals surface area (Å²) in [6, 6.07) is 5.86. The first kappa shape index (κ1) is 23.3. The lowest BCUT2D eigenvalue weighted by Crippen LogP contribution is -2.62. The fraction of sp³-hybridized carbons (Fsp3) is 0.625. The maximum Gasteiger partial charge on any atom is 0.246 e. The third kappa shape index (κ3) is 6.77. The van der Waals surface area contributed by atoms with Gasteiger partial charge in [-0.3, -0.25) is 4.79 Å². The van der Waals surface area contributed by atoms with Gasteiger partial charge in [-0.05, 0) is 70.7 Å². The number of amides is 1. The standard InChI is InChI=1S/C24H38N2O3/c1-8-9-12-26(19-16-23(2,3)25-24(4,5)17-19)22(27)11-10-18-13-20(28-6)15-21(14-18)29-7/h10-11,13-15,19,25H,8-9,12,16-17H2,1-7H3/b11-10+. The molecule has 1 aromatic rings. The highest BCUT2D eigenvalue weighted by Gasteiger charge is 2.40. The van der Waals surface area contributed by atoms with Crippen LogP contribution in [0, 0.1) is 0 Å². The van der Waals surface area contributed by atoms with Gasteiger partial charge in [0, 0.05) is 35.8 Å². The van der Waals surface area contributed by atoms with Crippen molar-refractivity contribution in [1.82, 2.24) is 10.2 Å². The molecule has 0 unspecified atom stereocenters. The number of unbranched alkanes of at least 4 members (excludes halogenated alkanes) is 1. The minimum Gasteiger partial charge on any atom is -0.497 e. The van der Waals surface area contributed by atoms with Gasteiger partial charge < -0.3 is 19.7 Å². The molecule has 0 aliphatic carbocycles. The molecular formula is C24H38N2O3. The molecule has 5 heteroatoms. The summed E-state index contributed by atoms with van der Waals surface area (Å²) >= 11 is 0. The molecular weight excluding hydrogens is 364 g/mol. The van der Waals surface area contributed by atoms with Crippen LogP contribution in [0.15, 0.2) is 24.3 Å². The van der Waals surface area contributed by atoms with Crippen LogP contribution in [-0.4, -0.2) is 48.7 Å². The molecule has 29 heavy (non-hydrogen) atoms. The van der Waals surface area contributed by atoms with E-state index in [0.717, 1.165) is 37.8 Å². The van der Waals surface area contributed by atoms with E-state index in [1.165, 1.54) is 0 Å². The van der Waals surface area contributed by atoms with E-state index in [2.05, 4.69) is 44.8 Å². The van der Waals surface area contributed by atoms with Crippen LogP contribution in [0.2, 0.25) is 0 Å². The number of carbonyl (C=O) groups excluding carboxylic acids is 1. The highest BCUT2D eigenvalue weighted by atomic mass is 16.5. The number of benzene rings is 1. The zero-order valence-electron chi connectivity index (χ0n) is 19.2. The van der Waals surface area contributed by atoms with E-state index in [1.54, 1.807) is 20.3 Å². The Bertz CT molecular complexity index is 687. The smallest absolute Gasteiger partial charge is 0.246 e. The Kier molecular flexibility index (Phi) is 7.75. The summed E-state index contributed by atoms with van der Waals surface area (Å²) in [6.45, 7) is 11.8. The Hall–Kier alpha value is -2.01. The molecule has 1 saturated heterocycles. The number of carbonyl (C=O) groups is 1. The van der Waals surface area contributed by atoms with E-state index < -0.39 is 0 Å². The number of nitrogens with one attached hydrogen (secondary N) is 1. The molecule has 1 aliphatic rings. The zero-order valence-corrected chi connectivity index (χ0v) is 19.2.